The number of ether oxygens (including phenoxy) is 2. The Balaban J connectivity index is 3.03. The molecule has 0 aliphatic carbocycles. The maximum atomic E-state index is 5.97. The summed E-state index contributed by atoms with van der Waals surface area (Å²) in [5, 5.41) is 0.636. The van der Waals surface area contributed by atoms with Crippen LogP contribution in [-0.2, 0) is 9.47 Å². The lowest BCUT2D eigenvalue weighted by molar-refractivity contribution is -0.105. The van der Waals surface area contributed by atoms with Gasteiger partial charge in [-0.3, -0.25) is 0 Å². The summed E-state index contributed by atoms with van der Waals surface area (Å²) >= 11 is 9.32. The van der Waals surface area contributed by atoms with Gasteiger partial charge in [0.05, 0.1) is 0 Å². The third-order valence-electron chi connectivity index (χ3n) is 1.64. The van der Waals surface area contributed by atoms with Gasteiger partial charge < -0.3 is 9.47 Å². The highest BCUT2D eigenvalue weighted by Crippen LogP contribution is 2.28. The van der Waals surface area contributed by atoms with Gasteiger partial charge in [-0.25, -0.2) is 0 Å². The highest BCUT2D eigenvalue weighted by atomic mass is 79.9. The normalized spacial score (nSPS) is 10.8. The molecule has 0 aliphatic heterocycles. The molecule has 0 N–H and O–H groups in total. The zero-order valence-corrected chi connectivity index (χ0v) is 9.72. The van der Waals surface area contributed by atoms with E-state index in [0.29, 0.717) is 5.02 Å². The lowest BCUT2D eigenvalue weighted by Crippen LogP contribution is -2.04. The summed E-state index contributed by atoms with van der Waals surface area (Å²) in [7, 11) is 3.15. The lowest BCUT2D eigenvalue weighted by atomic mass is 10.2. The summed E-state index contributed by atoms with van der Waals surface area (Å²) in [6, 6.07) is 5.54. The molecule has 0 aliphatic rings. The van der Waals surface area contributed by atoms with Crippen molar-refractivity contribution in [2.24, 2.45) is 0 Å². The first-order valence-electron chi connectivity index (χ1n) is 3.69. The molecule has 0 bridgehead atoms. The molecule has 0 fully saturated rings. The third kappa shape index (κ3) is 2.68. The van der Waals surface area contributed by atoms with Crippen molar-refractivity contribution in [3.8, 4) is 0 Å². The summed E-state index contributed by atoms with van der Waals surface area (Å²) in [6.45, 7) is 0. The Morgan fingerprint density at radius 1 is 1.31 bits per heavy atom. The Hall–Kier alpha value is -0.0900. The molecule has 0 saturated carbocycles. The van der Waals surface area contributed by atoms with E-state index in [1.54, 1.807) is 20.3 Å². The van der Waals surface area contributed by atoms with E-state index < -0.39 is 6.29 Å². The largest absolute Gasteiger partial charge is 0.352 e. The molecule has 72 valence electrons. The standard InChI is InChI=1S/C9H10BrClO2/c1-12-9(13-2)7-5-6(10)3-4-8(7)11/h3-5,9H,1-2H3. The second-order valence-electron chi connectivity index (χ2n) is 2.47. The van der Waals surface area contributed by atoms with Crippen LogP contribution in [0.15, 0.2) is 22.7 Å². The number of benzene rings is 1. The first-order valence-corrected chi connectivity index (χ1v) is 4.86. The zero-order chi connectivity index (χ0) is 9.84. The summed E-state index contributed by atoms with van der Waals surface area (Å²) in [5.41, 5.74) is 0.820. The number of rotatable bonds is 3. The summed E-state index contributed by atoms with van der Waals surface area (Å²) in [6.07, 6.45) is -0.412. The minimum absolute atomic E-state index is 0.412. The first kappa shape index (κ1) is 11.0. The van der Waals surface area contributed by atoms with Gasteiger partial charge in [0.25, 0.3) is 0 Å². The van der Waals surface area contributed by atoms with Crippen LogP contribution in [0, 0.1) is 0 Å². The predicted octanol–water partition coefficient (Wildman–Crippen LogP) is 3.39. The van der Waals surface area contributed by atoms with Crippen molar-refractivity contribution in [3.05, 3.63) is 33.3 Å². The van der Waals surface area contributed by atoms with E-state index in [2.05, 4.69) is 15.9 Å². The average molecular weight is 266 g/mol. The van der Waals surface area contributed by atoms with Crippen LogP contribution in [0.4, 0.5) is 0 Å². The van der Waals surface area contributed by atoms with Crippen molar-refractivity contribution in [2.45, 2.75) is 6.29 Å². The smallest absolute Gasteiger partial charge is 0.184 e. The Bertz CT molecular complexity index is 287. The van der Waals surface area contributed by atoms with Crippen LogP contribution in [0.3, 0.4) is 0 Å². The van der Waals surface area contributed by atoms with Crippen molar-refractivity contribution in [1.29, 1.82) is 0 Å². The molecule has 0 unspecified atom stereocenters. The maximum absolute atomic E-state index is 5.97. The SMILES string of the molecule is COC(OC)c1cc(Br)ccc1Cl. The van der Waals surface area contributed by atoms with Gasteiger partial charge in [0, 0.05) is 29.3 Å². The molecule has 13 heavy (non-hydrogen) atoms. The van der Waals surface area contributed by atoms with Gasteiger partial charge in [0.15, 0.2) is 6.29 Å². The van der Waals surface area contributed by atoms with Crippen molar-refractivity contribution < 1.29 is 9.47 Å². The van der Waals surface area contributed by atoms with E-state index in [0.717, 1.165) is 10.0 Å². The minimum atomic E-state index is -0.412. The molecule has 1 aromatic carbocycles. The number of hydrogen-bond donors (Lipinski definition) is 0. The van der Waals surface area contributed by atoms with Gasteiger partial charge >= 0.3 is 0 Å². The molecule has 0 aromatic heterocycles. The van der Waals surface area contributed by atoms with Crippen molar-refractivity contribution in [3.63, 3.8) is 0 Å². The first-order chi connectivity index (χ1) is 6.19. The van der Waals surface area contributed by atoms with Crippen LogP contribution >= 0.6 is 27.5 Å². The molecular formula is C9H10BrClO2. The van der Waals surface area contributed by atoms with E-state index >= 15 is 0 Å². The van der Waals surface area contributed by atoms with Crippen LogP contribution in [0.1, 0.15) is 11.9 Å². The molecular weight excluding hydrogens is 255 g/mol. The number of hydrogen-bond acceptors (Lipinski definition) is 2. The van der Waals surface area contributed by atoms with E-state index in [9.17, 15) is 0 Å². The van der Waals surface area contributed by atoms with Crippen molar-refractivity contribution in [2.75, 3.05) is 14.2 Å². The van der Waals surface area contributed by atoms with Crippen LogP contribution in [-0.4, -0.2) is 14.2 Å². The van der Waals surface area contributed by atoms with Crippen LogP contribution in [0.2, 0.25) is 5.02 Å². The monoisotopic (exact) mass is 264 g/mol. The Kier molecular flexibility index (Phi) is 4.19. The molecule has 1 rings (SSSR count). The van der Waals surface area contributed by atoms with E-state index in [1.807, 2.05) is 12.1 Å². The summed E-state index contributed by atoms with van der Waals surface area (Å²) < 4.78 is 11.1. The lowest BCUT2D eigenvalue weighted by Gasteiger charge is -2.15. The average Bonchev–Trinajstić information content (AvgIpc) is 2.13. The fourth-order valence-corrected chi connectivity index (χ4v) is 1.63. The Morgan fingerprint density at radius 2 is 1.92 bits per heavy atom. The second-order valence-corrected chi connectivity index (χ2v) is 3.79. The Labute approximate surface area is 90.9 Å². The van der Waals surface area contributed by atoms with Crippen molar-refractivity contribution >= 4 is 27.5 Å². The molecule has 2 nitrogen and oxygen atoms in total. The fourth-order valence-electron chi connectivity index (χ4n) is 1.05. The summed E-state index contributed by atoms with van der Waals surface area (Å²) in [5.74, 6) is 0. The molecule has 0 radical (unpaired) electrons. The maximum Gasteiger partial charge on any atom is 0.184 e. The fraction of sp³-hybridized carbons (Fsp3) is 0.333. The van der Waals surface area contributed by atoms with Gasteiger partial charge in [0.1, 0.15) is 0 Å². The summed E-state index contributed by atoms with van der Waals surface area (Å²) in [4.78, 5) is 0. The van der Waals surface area contributed by atoms with Crippen LogP contribution < -0.4 is 0 Å². The number of methoxy groups -OCH3 is 2. The molecule has 0 amide bonds. The molecule has 0 saturated heterocycles. The number of halogens is 2. The van der Waals surface area contributed by atoms with Gasteiger partial charge in [-0.2, -0.15) is 0 Å². The Morgan fingerprint density at radius 3 is 2.46 bits per heavy atom. The predicted molar refractivity (Wildman–Crippen MR) is 55.9 cm³/mol. The molecule has 4 heteroatoms. The van der Waals surface area contributed by atoms with Crippen LogP contribution in [0.25, 0.3) is 0 Å². The third-order valence-corrected chi connectivity index (χ3v) is 2.48. The highest BCUT2D eigenvalue weighted by Gasteiger charge is 2.12. The molecule has 0 atom stereocenters. The van der Waals surface area contributed by atoms with Gasteiger partial charge in [0.2, 0.25) is 0 Å². The van der Waals surface area contributed by atoms with E-state index in [4.69, 9.17) is 21.1 Å². The minimum Gasteiger partial charge on any atom is -0.352 e. The molecule has 0 heterocycles. The second kappa shape index (κ2) is 4.96. The topological polar surface area (TPSA) is 18.5 Å². The molecule has 0 spiro atoms. The van der Waals surface area contributed by atoms with Crippen LogP contribution in [0.5, 0.6) is 0 Å². The zero-order valence-electron chi connectivity index (χ0n) is 7.38. The van der Waals surface area contributed by atoms with E-state index in [-0.39, 0.29) is 0 Å². The van der Waals surface area contributed by atoms with Gasteiger partial charge in [-0.1, -0.05) is 27.5 Å². The highest BCUT2D eigenvalue weighted by molar-refractivity contribution is 9.10. The van der Waals surface area contributed by atoms with E-state index in [1.165, 1.54) is 0 Å². The quantitative estimate of drug-likeness (QED) is 0.780. The van der Waals surface area contributed by atoms with Gasteiger partial charge in [-0.05, 0) is 18.2 Å². The molecule has 1 aromatic rings. The van der Waals surface area contributed by atoms with Gasteiger partial charge in [-0.15, -0.1) is 0 Å². The van der Waals surface area contributed by atoms with Crippen molar-refractivity contribution in [1.82, 2.24) is 0 Å².